The van der Waals surface area contributed by atoms with Crippen LogP contribution in [0.25, 0.3) is 0 Å². The van der Waals surface area contributed by atoms with Gasteiger partial charge >= 0.3 is 8.25 Å². The first-order chi connectivity index (χ1) is 5.48. The molecule has 0 saturated carbocycles. The lowest BCUT2D eigenvalue weighted by atomic mass is 9.93. The summed E-state index contributed by atoms with van der Waals surface area (Å²) in [5, 5.41) is 0. The van der Waals surface area contributed by atoms with E-state index < -0.39 is 13.9 Å². The van der Waals surface area contributed by atoms with Gasteiger partial charge in [-0.2, -0.15) is 0 Å². The molecule has 12 heavy (non-hydrogen) atoms. The van der Waals surface area contributed by atoms with E-state index in [1.807, 2.05) is 0 Å². The summed E-state index contributed by atoms with van der Waals surface area (Å²) >= 11 is 0. The maximum atomic E-state index is 11.1. The second kappa shape index (κ2) is 4.65. The van der Waals surface area contributed by atoms with Crippen molar-refractivity contribution in [3.8, 4) is 0 Å². The Hall–Kier alpha value is -0.310. The van der Waals surface area contributed by atoms with E-state index in [0.29, 0.717) is 12.8 Å². The standard InChI is InChI=1S/C7H13O4P/c1-4-7(5-2,6(3)8)11-12(9)10/h4-5H2,1-3H3/p+1. The maximum Gasteiger partial charge on any atom is 0.695 e. The molecule has 0 radical (unpaired) electrons. The van der Waals surface area contributed by atoms with Gasteiger partial charge in [0.25, 0.3) is 0 Å². The Kier molecular flexibility index (Phi) is 4.53. The van der Waals surface area contributed by atoms with E-state index in [1.54, 1.807) is 13.8 Å². The molecule has 4 nitrogen and oxygen atoms in total. The van der Waals surface area contributed by atoms with Gasteiger partial charge in [0.2, 0.25) is 0 Å². The van der Waals surface area contributed by atoms with Gasteiger partial charge in [-0.1, -0.05) is 13.8 Å². The van der Waals surface area contributed by atoms with Crippen LogP contribution in [0.3, 0.4) is 0 Å². The van der Waals surface area contributed by atoms with E-state index in [9.17, 15) is 9.36 Å². The lowest BCUT2D eigenvalue weighted by molar-refractivity contribution is -0.133. The van der Waals surface area contributed by atoms with E-state index in [0.717, 1.165) is 0 Å². The summed E-state index contributed by atoms with van der Waals surface area (Å²) in [6.45, 7) is 4.87. The molecule has 70 valence electrons. The van der Waals surface area contributed by atoms with Crippen molar-refractivity contribution < 1.29 is 18.8 Å². The van der Waals surface area contributed by atoms with E-state index in [-0.39, 0.29) is 5.78 Å². The van der Waals surface area contributed by atoms with Crippen LogP contribution in [0, 0.1) is 0 Å². The molecule has 1 unspecified atom stereocenters. The highest BCUT2D eigenvalue weighted by Gasteiger charge is 2.41. The normalized spacial score (nSPS) is 12.8. The third-order valence-electron chi connectivity index (χ3n) is 2.04. The Morgan fingerprint density at radius 3 is 2.00 bits per heavy atom. The fourth-order valence-corrected chi connectivity index (χ4v) is 1.78. The molecule has 0 aromatic rings. The van der Waals surface area contributed by atoms with Crippen molar-refractivity contribution in [1.82, 2.24) is 0 Å². The average molecular weight is 193 g/mol. The highest BCUT2D eigenvalue weighted by molar-refractivity contribution is 7.32. The number of carbonyl (C=O) groups is 1. The molecule has 0 bridgehead atoms. The topological polar surface area (TPSA) is 63.6 Å². The third kappa shape index (κ3) is 2.63. The van der Waals surface area contributed by atoms with Crippen LogP contribution >= 0.6 is 8.25 Å². The number of ketones is 1. The van der Waals surface area contributed by atoms with Crippen LogP contribution in [0.2, 0.25) is 0 Å². The Labute approximate surface area is 72.9 Å². The number of carbonyl (C=O) groups excluding carboxylic acids is 1. The molecule has 0 heterocycles. The Morgan fingerprint density at radius 1 is 1.50 bits per heavy atom. The highest BCUT2D eigenvalue weighted by atomic mass is 31.1. The van der Waals surface area contributed by atoms with Gasteiger partial charge in [-0.05, 0) is 19.8 Å². The predicted molar refractivity (Wildman–Crippen MR) is 44.9 cm³/mol. The largest absolute Gasteiger partial charge is 0.695 e. The molecule has 0 aliphatic rings. The molecule has 1 atom stereocenters. The van der Waals surface area contributed by atoms with Gasteiger partial charge in [0, 0.05) is 4.57 Å². The molecule has 0 rings (SSSR count). The third-order valence-corrected chi connectivity index (χ3v) is 2.54. The first kappa shape index (κ1) is 11.7. The van der Waals surface area contributed by atoms with Crippen LogP contribution in [0.1, 0.15) is 33.6 Å². The summed E-state index contributed by atoms with van der Waals surface area (Å²) < 4.78 is 15.1. The van der Waals surface area contributed by atoms with Gasteiger partial charge in [0.15, 0.2) is 11.4 Å². The monoisotopic (exact) mass is 193 g/mol. The molecule has 1 N–H and O–H groups in total. The number of hydrogen-bond acceptors (Lipinski definition) is 3. The zero-order valence-corrected chi connectivity index (χ0v) is 8.43. The summed E-state index contributed by atoms with van der Waals surface area (Å²) in [6.07, 6.45) is 0.834. The van der Waals surface area contributed by atoms with Crippen LogP contribution in [-0.4, -0.2) is 16.3 Å². The quantitative estimate of drug-likeness (QED) is 0.676. The minimum Gasteiger partial charge on any atom is -0.297 e. The van der Waals surface area contributed by atoms with Gasteiger partial charge < -0.3 is 0 Å². The van der Waals surface area contributed by atoms with Crippen molar-refractivity contribution in [2.24, 2.45) is 0 Å². The lowest BCUT2D eigenvalue weighted by Crippen LogP contribution is -2.36. The van der Waals surface area contributed by atoms with Crippen molar-refractivity contribution in [2.75, 3.05) is 0 Å². The first-order valence-electron chi connectivity index (χ1n) is 3.84. The van der Waals surface area contributed by atoms with Gasteiger partial charge in [-0.25, -0.2) is 0 Å². The second-order valence-electron chi connectivity index (χ2n) is 2.59. The summed E-state index contributed by atoms with van der Waals surface area (Å²) in [7, 11) is -2.70. The molecular weight excluding hydrogens is 179 g/mol. The van der Waals surface area contributed by atoms with E-state index in [1.165, 1.54) is 6.92 Å². The van der Waals surface area contributed by atoms with Gasteiger partial charge in [0.05, 0.1) is 0 Å². The molecule has 0 spiro atoms. The molecule has 0 aliphatic carbocycles. The van der Waals surface area contributed by atoms with Crippen molar-refractivity contribution in [3.05, 3.63) is 0 Å². The molecule has 0 aromatic heterocycles. The van der Waals surface area contributed by atoms with Crippen LogP contribution in [0.5, 0.6) is 0 Å². The van der Waals surface area contributed by atoms with E-state index >= 15 is 0 Å². The number of hydrogen-bond donors (Lipinski definition) is 1. The summed E-state index contributed by atoms with van der Waals surface area (Å²) in [5.41, 5.74) is -1.07. The molecule has 0 amide bonds. The Morgan fingerprint density at radius 2 is 1.92 bits per heavy atom. The molecule has 0 aromatic carbocycles. The minimum atomic E-state index is -2.70. The van der Waals surface area contributed by atoms with Gasteiger partial charge in [-0.15, -0.1) is 9.42 Å². The Bertz CT molecular complexity index is 186. The van der Waals surface area contributed by atoms with Crippen LogP contribution in [-0.2, 0) is 13.9 Å². The fourth-order valence-electron chi connectivity index (χ4n) is 1.09. The first-order valence-corrected chi connectivity index (χ1v) is 4.98. The van der Waals surface area contributed by atoms with Gasteiger partial charge in [0.1, 0.15) is 0 Å². The van der Waals surface area contributed by atoms with Crippen molar-refractivity contribution in [3.63, 3.8) is 0 Å². The maximum absolute atomic E-state index is 11.1. The summed E-state index contributed by atoms with van der Waals surface area (Å²) in [5.74, 6) is -0.204. The molecular formula is C7H14O4P+. The smallest absolute Gasteiger partial charge is 0.297 e. The van der Waals surface area contributed by atoms with Crippen molar-refractivity contribution in [2.45, 2.75) is 39.2 Å². The number of rotatable bonds is 5. The van der Waals surface area contributed by atoms with E-state index in [2.05, 4.69) is 0 Å². The Balaban J connectivity index is 4.58. The fraction of sp³-hybridized carbons (Fsp3) is 0.857. The lowest BCUT2D eigenvalue weighted by Gasteiger charge is -2.20. The summed E-state index contributed by atoms with van der Waals surface area (Å²) in [6, 6.07) is 0. The van der Waals surface area contributed by atoms with Crippen molar-refractivity contribution >= 4 is 14.0 Å². The molecule has 0 fully saturated rings. The van der Waals surface area contributed by atoms with Gasteiger partial charge in [-0.3, -0.25) is 4.79 Å². The second-order valence-corrected chi connectivity index (χ2v) is 3.24. The van der Waals surface area contributed by atoms with Crippen LogP contribution < -0.4 is 0 Å². The highest BCUT2D eigenvalue weighted by Crippen LogP contribution is 2.32. The minimum absolute atomic E-state index is 0.204. The number of Topliss-reactive ketones (excluding diaryl/α,β-unsaturated/α-hetero) is 1. The summed E-state index contributed by atoms with van der Waals surface area (Å²) in [4.78, 5) is 19.6. The van der Waals surface area contributed by atoms with Crippen LogP contribution in [0.15, 0.2) is 0 Å². The molecule has 0 aliphatic heterocycles. The van der Waals surface area contributed by atoms with Crippen molar-refractivity contribution in [1.29, 1.82) is 0 Å². The zero-order chi connectivity index (χ0) is 9.78. The van der Waals surface area contributed by atoms with Crippen LogP contribution in [0.4, 0.5) is 0 Å². The van der Waals surface area contributed by atoms with E-state index in [4.69, 9.17) is 9.42 Å². The zero-order valence-electron chi connectivity index (χ0n) is 7.53. The molecule has 5 heteroatoms. The molecule has 0 saturated heterocycles. The predicted octanol–water partition coefficient (Wildman–Crippen LogP) is 1.80. The SMILES string of the molecule is CCC(CC)(O[P+](=O)O)C(C)=O. The average Bonchev–Trinajstić information content (AvgIpc) is 1.99.